The summed E-state index contributed by atoms with van der Waals surface area (Å²) >= 11 is 9.74. The number of halogens is 2. The van der Waals surface area contributed by atoms with E-state index < -0.39 is 22.5 Å². The Labute approximate surface area is 264 Å². The van der Waals surface area contributed by atoms with Gasteiger partial charge in [0.2, 0.25) is 0 Å². The number of amides is 1. The molecule has 0 spiro atoms. The lowest BCUT2D eigenvalue weighted by molar-refractivity contribution is -0.119. The van der Waals surface area contributed by atoms with Crippen molar-refractivity contribution in [3.63, 3.8) is 0 Å². The molecule has 0 bridgehead atoms. The van der Waals surface area contributed by atoms with E-state index in [9.17, 15) is 13.2 Å². The molecule has 0 unspecified atom stereocenters. The van der Waals surface area contributed by atoms with Gasteiger partial charge in [-0.1, -0.05) is 60.1 Å². The van der Waals surface area contributed by atoms with Gasteiger partial charge >= 0.3 is 0 Å². The fourth-order valence-electron chi connectivity index (χ4n) is 4.02. The summed E-state index contributed by atoms with van der Waals surface area (Å²) in [6, 6.07) is 25.3. The van der Waals surface area contributed by atoms with Crippen molar-refractivity contribution in [2.75, 3.05) is 24.6 Å². The van der Waals surface area contributed by atoms with Gasteiger partial charge in [0, 0.05) is 10.6 Å². The maximum atomic E-state index is 13.6. The molecule has 0 aromatic heterocycles. The van der Waals surface area contributed by atoms with Gasteiger partial charge in [0.15, 0.2) is 11.5 Å². The standard InChI is InChI=1S/C31H29BrClN3O6S/c1-3-41-28-16-10-9-15-27(28)36(43(38,39)24-12-5-4-6-13-24)20-30(37)35-34-19-22-17-25(32)31(29(18-22)40-2)42-21-23-11-7-8-14-26(23)33/h4-19H,3,20-21H2,1-2H3,(H,35,37). The fraction of sp³-hybridized carbons (Fsp3) is 0.161. The van der Waals surface area contributed by atoms with E-state index in [1.54, 1.807) is 67.6 Å². The molecule has 9 nitrogen and oxygen atoms in total. The van der Waals surface area contributed by atoms with Crippen LogP contribution in [0.15, 0.2) is 105 Å². The SMILES string of the molecule is CCOc1ccccc1N(CC(=O)NN=Cc1cc(Br)c(OCc2ccccc2Cl)c(OC)c1)S(=O)(=O)c1ccccc1. The molecule has 0 radical (unpaired) electrons. The molecular formula is C31H29BrClN3O6S. The molecule has 0 aliphatic rings. The maximum absolute atomic E-state index is 13.6. The molecule has 224 valence electrons. The Morgan fingerprint density at radius 3 is 2.40 bits per heavy atom. The predicted octanol–water partition coefficient (Wildman–Crippen LogP) is 6.43. The quantitative estimate of drug-likeness (QED) is 0.128. The number of carbonyl (C=O) groups excluding carboxylic acids is 1. The molecule has 1 amide bonds. The molecule has 0 saturated heterocycles. The summed E-state index contributed by atoms with van der Waals surface area (Å²) in [5, 5.41) is 4.63. The molecule has 0 atom stereocenters. The Morgan fingerprint density at radius 1 is 0.977 bits per heavy atom. The van der Waals surface area contributed by atoms with E-state index in [0.29, 0.717) is 38.9 Å². The molecular weight excluding hydrogens is 658 g/mol. The highest BCUT2D eigenvalue weighted by Gasteiger charge is 2.29. The van der Waals surface area contributed by atoms with E-state index in [2.05, 4.69) is 26.5 Å². The van der Waals surface area contributed by atoms with Crippen LogP contribution in [-0.4, -0.2) is 40.8 Å². The molecule has 0 aliphatic carbocycles. The third-order valence-electron chi connectivity index (χ3n) is 6.04. The molecule has 4 aromatic carbocycles. The molecule has 43 heavy (non-hydrogen) atoms. The van der Waals surface area contributed by atoms with Gasteiger partial charge in [-0.2, -0.15) is 5.10 Å². The van der Waals surface area contributed by atoms with Gasteiger partial charge in [0.1, 0.15) is 18.9 Å². The fourth-order valence-corrected chi connectivity index (χ4v) is 6.24. The number of rotatable bonds is 13. The Kier molecular flexibility index (Phi) is 11.0. The molecule has 0 aliphatic heterocycles. The minimum atomic E-state index is -4.12. The van der Waals surface area contributed by atoms with Crippen LogP contribution in [0.4, 0.5) is 5.69 Å². The van der Waals surface area contributed by atoms with Crippen molar-refractivity contribution in [2.24, 2.45) is 5.10 Å². The van der Waals surface area contributed by atoms with Crippen LogP contribution < -0.4 is 23.9 Å². The maximum Gasteiger partial charge on any atom is 0.264 e. The van der Waals surface area contributed by atoms with Crippen LogP contribution in [0.3, 0.4) is 0 Å². The Balaban J connectivity index is 1.52. The number of hydrogen-bond donors (Lipinski definition) is 1. The van der Waals surface area contributed by atoms with Gasteiger partial charge in [-0.3, -0.25) is 9.10 Å². The lowest BCUT2D eigenvalue weighted by Crippen LogP contribution is -2.39. The van der Waals surface area contributed by atoms with Crippen molar-refractivity contribution in [1.82, 2.24) is 5.43 Å². The second-order valence-electron chi connectivity index (χ2n) is 8.93. The molecule has 0 saturated carbocycles. The third-order valence-corrected chi connectivity index (χ3v) is 8.77. The lowest BCUT2D eigenvalue weighted by atomic mass is 10.2. The van der Waals surface area contributed by atoms with Crippen LogP contribution in [0.25, 0.3) is 0 Å². The van der Waals surface area contributed by atoms with Gasteiger partial charge in [-0.15, -0.1) is 0 Å². The summed E-state index contributed by atoms with van der Waals surface area (Å²) in [5.41, 5.74) is 4.05. The van der Waals surface area contributed by atoms with Crippen LogP contribution in [0, 0.1) is 0 Å². The minimum Gasteiger partial charge on any atom is -0.493 e. The second kappa shape index (κ2) is 14.9. The van der Waals surface area contributed by atoms with Gasteiger partial charge in [-0.25, -0.2) is 13.8 Å². The average molecular weight is 687 g/mol. The first-order chi connectivity index (χ1) is 20.7. The number of carbonyl (C=O) groups is 1. The van der Waals surface area contributed by atoms with E-state index in [1.807, 2.05) is 18.2 Å². The third kappa shape index (κ3) is 8.07. The highest BCUT2D eigenvalue weighted by atomic mass is 79.9. The number of benzene rings is 4. The number of ether oxygens (including phenoxy) is 3. The normalized spacial score (nSPS) is 11.3. The first kappa shape index (κ1) is 31.9. The van der Waals surface area contributed by atoms with Gasteiger partial charge in [-0.05, 0) is 70.9 Å². The smallest absolute Gasteiger partial charge is 0.264 e. The molecule has 1 N–H and O–H groups in total. The van der Waals surface area contributed by atoms with Crippen molar-refractivity contribution >= 4 is 55.4 Å². The summed E-state index contributed by atoms with van der Waals surface area (Å²) < 4.78 is 46.0. The zero-order chi connectivity index (χ0) is 30.8. The first-order valence-electron chi connectivity index (χ1n) is 13.1. The average Bonchev–Trinajstić information content (AvgIpc) is 3.01. The van der Waals surface area contributed by atoms with Crippen molar-refractivity contribution in [3.05, 3.63) is 112 Å². The number of hydrogen-bond acceptors (Lipinski definition) is 7. The minimum absolute atomic E-state index is 0.0337. The number of nitrogens with zero attached hydrogens (tertiary/aromatic N) is 2. The van der Waals surface area contributed by atoms with Crippen LogP contribution in [0.1, 0.15) is 18.1 Å². The molecule has 12 heteroatoms. The van der Waals surface area contributed by atoms with Crippen molar-refractivity contribution in [1.29, 1.82) is 0 Å². The monoisotopic (exact) mass is 685 g/mol. The van der Waals surface area contributed by atoms with Crippen LogP contribution in [0.5, 0.6) is 17.2 Å². The van der Waals surface area contributed by atoms with Crippen molar-refractivity contribution in [2.45, 2.75) is 18.4 Å². The van der Waals surface area contributed by atoms with Crippen molar-refractivity contribution < 1.29 is 27.4 Å². The molecule has 0 fully saturated rings. The van der Waals surface area contributed by atoms with E-state index >= 15 is 0 Å². The van der Waals surface area contributed by atoms with Crippen LogP contribution >= 0.6 is 27.5 Å². The summed E-state index contributed by atoms with van der Waals surface area (Å²) in [6.07, 6.45) is 1.41. The first-order valence-corrected chi connectivity index (χ1v) is 15.7. The van der Waals surface area contributed by atoms with E-state index in [-0.39, 0.29) is 17.2 Å². The van der Waals surface area contributed by atoms with Crippen molar-refractivity contribution in [3.8, 4) is 17.2 Å². The Morgan fingerprint density at radius 2 is 1.67 bits per heavy atom. The largest absolute Gasteiger partial charge is 0.493 e. The van der Waals surface area contributed by atoms with E-state index in [4.69, 9.17) is 25.8 Å². The summed E-state index contributed by atoms with van der Waals surface area (Å²) in [5.74, 6) is 0.572. The Hall–Kier alpha value is -4.06. The molecule has 4 aromatic rings. The lowest BCUT2D eigenvalue weighted by Gasteiger charge is -2.25. The highest BCUT2D eigenvalue weighted by molar-refractivity contribution is 9.10. The van der Waals surface area contributed by atoms with E-state index in [1.165, 1.54) is 25.5 Å². The summed E-state index contributed by atoms with van der Waals surface area (Å²) in [7, 11) is -2.61. The predicted molar refractivity (Wildman–Crippen MR) is 171 cm³/mol. The zero-order valence-electron chi connectivity index (χ0n) is 23.4. The number of nitrogens with one attached hydrogen (secondary N) is 1. The summed E-state index contributed by atoms with van der Waals surface area (Å²) in [4.78, 5) is 13.1. The number of hydrazone groups is 1. The van der Waals surface area contributed by atoms with Crippen LogP contribution in [0.2, 0.25) is 5.02 Å². The highest BCUT2D eigenvalue weighted by Crippen LogP contribution is 2.37. The number of para-hydroxylation sites is 2. The number of methoxy groups -OCH3 is 1. The van der Waals surface area contributed by atoms with Crippen LogP contribution in [-0.2, 0) is 21.4 Å². The second-order valence-corrected chi connectivity index (χ2v) is 12.1. The number of sulfonamides is 1. The van der Waals surface area contributed by atoms with E-state index in [0.717, 1.165) is 9.87 Å². The molecule has 0 heterocycles. The zero-order valence-corrected chi connectivity index (χ0v) is 26.5. The summed E-state index contributed by atoms with van der Waals surface area (Å²) in [6.45, 7) is 1.79. The number of anilines is 1. The van der Waals surface area contributed by atoms with Gasteiger partial charge in [0.25, 0.3) is 15.9 Å². The Bertz CT molecular complexity index is 1700. The van der Waals surface area contributed by atoms with Gasteiger partial charge < -0.3 is 14.2 Å². The van der Waals surface area contributed by atoms with Gasteiger partial charge in [0.05, 0.1) is 35.0 Å². The topological polar surface area (TPSA) is 107 Å². The molecule has 4 rings (SSSR count).